The zero-order valence-corrected chi connectivity index (χ0v) is 20.9. The Morgan fingerprint density at radius 3 is 2.48 bits per heavy atom. The van der Waals surface area contributed by atoms with Gasteiger partial charge in [0.05, 0.1) is 22.7 Å². The first kappa shape index (κ1) is 23.6. The lowest BCUT2D eigenvalue weighted by atomic mass is 10.1. The summed E-state index contributed by atoms with van der Waals surface area (Å²) in [4.78, 5) is 15.0. The minimum absolute atomic E-state index is 0.243. The van der Waals surface area contributed by atoms with E-state index < -0.39 is 0 Å². The second-order valence-corrected chi connectivity index (χ2v) is 9.82. The summed E-state index contributed by atoms with van der Waals surface area (Å²) in [7, 11) is 1.58. The molecular weight excluding hydrogens is 497 g/mol. The van der Waals surface area contributed by atoms with Gasteiger partial charge in [0.15, 0.2) is 15.8 Å². The van der Waals surface area contributed by atoms with Crippen molar-refractivity contribution in [3.05, 3.63) is 92.3 Å². The SMILES string of the molecule is COc1cc(/C=C2\SC(=S)N(c3ccc(Cl)cc3Cl)C2=O)ccc1OCc1ccc(C)cc1. The summed E-state index contributed by atoms with van der Waals surface area (Å²) in [6.07, 6.45) is 1.77. The number of amides is 1. The molecule has 1 aliphatic heterocycles. The molecule has 0 bridgehead atoms. The molecule has 4 nitrogen and oxygen atoms in total. The highest BCUT2D eigenvalue weighted by atomic mass is 35.5. The molecule has 0 atom stereocenters. The van der Waals surface area contributed by atoms with E-state index in [2.05, 4.69) is 0 Å². The third-order valence-corrected chi connectivity index (χ3v) is 6.78. The van der Waals surface area contributed by atoms with Crippen molar-refractivity contribution >= 4 is 69.2 Å². The zero-order chi connectivity index (χ0) is 23.5. The molecule has 1 heterocycles. The number of anilines is 1. The van der Waals surface area contributed by atoms with Crippen molar-refractivity contribution in [3.8, 4) is 11.5 Å². The number of halogens is 2. The van der Waals surface area contributed by atoms with Crippen molar-refractivity contribution in [2.24, 2.45) is 0 Å². The average molecular weight is 516 g/mol. The topological polar surface area (TPSA) is 38.8 Å². The number of thiocarbonyl (C=S) groups is 1. The number of carbonyl (C=O) groups is 1. The first-order valence-corrected chi connectivity index (χ1v) is 11.9. The highest BCUT2D eigenvalue weighted by Crippen LogP contribution is 2.40. The monoisotopic (exact) mass is 515 g/mol. The predicted octanol–water partition coefficient (Wildman–Crippen LogP) is 7.30. The van der Waals surface area contributed by atoms with Gasteiger partial charge in [-0.2, -0.15) is 0 Å². The molecule has 0 saturated carbocycles. The molecule has 3 aromatic rings. The zero-order valence-electron chi connectivity index (χ0n) is 17.8. The fourth-order valence-electron chi connectivity index (χ4n) is 3.23. The minimum Gasteiger partial charge on any atom is -0.493 e. The first-order chi connectivity index (χ1) is 15.9. The standard InChI is InChI=1S/C25H19Cl2NO3S2/c1-15-3-5-16(6-4-15)14-31-21-10-7-17(11-22(21)30-2)12-23-24(29)28(25(32)33-23)20-9-8-18(26)13-19(20)27/h3-13H,14H2,1-2H3/b23-12-. The Balaban J connectivity index is 1.54. The van der Waals surface area contributed by atoms with E-state index >= 15 is 0 Å². The summed E-state index contributed by atoms with van der Waals surface area (Å²) in [5.41, 5.74) is 3.56. The third kappa shape index (κ3) is 5.36. The van der Waals surface area contributed by atoms with Gasteiger partial charge in [0, 0.05) is 5.02 Å². The summed E-state index contributed by atoms with van der Waals surface area (Å²) in [5.74, 6) is 0.954. The summed E-state index contributed by atoms with van der Waals surface area (Å²) in [5, 5.41) is 0.846. The molecule has 0 unspecified atom stereocenters. The lowest BCUT2D eigenvalue weighted by Gasteiger charge is -2.16. The van der Waals surface area contributed by atoms with Gasteiger partial charge in [-0.25, -0.2) is 0 Å². The number of hydrogen-bond acceptors (Lipinski definition) is 5. The van der Waals surface area contributed by atoms with E-state index in [0.717, 1.165) is 11.1 Å². The molecule has 1 amide bonds. The third-order valence-electron chi connectivity index (χ3n) is 4.94. The van der Waals surface area contributed by atoms with Crippen LogP contribution >= 0.6 is 47.2 Å². The Hall–Kier alpha value is -2.51. The van der Waals surface area contributed by atoms with Crippen LogP contribution in [-0.4, -0.2) is 17.3 Å². The van der Waals surface area contributed by atoms with E-state index in [-0.39, 0.29) is 5.91 Å². The van der Waals surface area contributed by atoms with Gasteiger partial charge >= 0.3 is 0 Å². The number of carbonyl (C=O) groups excluding carboxylic acids is 1. The molecule has 3 aromatic carbocycles. The number of methoxy groups -OCH3 is 1. The van der Waals surface area contributed by atoms with E-state index in [0.29, 0.717) is 43.1 Å². The second-order valence-electron chi connectivity index (χ2n) is 7.30. The van der Waals surface area contributed by atoms with Gasteiger partial charge in [0.1, 0.15) is 6.61 Å². The Bertz CT molecular complexity index is 1260. The van der Waals surface area contributed by atoms with E-state index in [4.69, 9.17) is 44.9 Å². The molecule has 0 spiro atoms. The van der Waals surface area contributed by atoms with Gasteiger partial charge < -0.3 is 9.47 Å². The van der Waals surface area contributed by atoms with Gasteiger partial charge in [-0.1, -0.05) is 83.1 Å². The number of nitrogens with zero attached hydrogens (tertiary/aromatic N) is 1. The highest BCUT2D eigenvalue weighted by molar-refractivity contribution is 8.27. The van der Waals surface area contributed by atoms with Gasteiger partial charge in [0.2, 0.25) is 0 Å². The van der Waals surface area contributed by atoms with Crippen molar-refractivity contribution in [3.63, 3.8) is 0 Å². The number of benzene rings is 3. The van der Waals surface area contributed by atoms with Gasteiger partial charge in [-0.15, -0.1) is 0 Å². The normalized spacial score (nSPS) is 14.8. The molecule has 33 heavy (non-hydrogen) atoms. The van der Waals surface area contributed by atoms with Crippen LogP contribution in [0.5, 0.6) is 11.5 Å². The maximum Gasteiger partial charge on any atom is 0.270 e. The fraction of sp³-hybridized carbons (Fsp3) is 0.120. The van der Waals surface area contributed by atoms with Crippen molar-refractivity contribution in [1.29, 1.82) is 0 Å². The van der Waals surface area contributed by atoms with Crippen molar-refractivity contribution in [2.75, 3.05) is 12.0 Å². The molecule has 0 N–H and O–H groups in total. The van der Waals surface area contributed by atoms with E-state index in [1.165, 1.54) is 22.2 Å². The van der Waals surface area contributed by atoms with Crippen LogP contribution in [0.3, 0.4) is 0 Å². The van der Waals surface area contributed by atoms with Crippen molar-refractivity contribution < 1.29 is 14.3 Å². The Morgan fingerprint density at radius 1 is 1.03 bits per heavy atom. The summed E-state index contributed by atoms with van der Waals surface area (Å²) in [6, 6.07) is 18.6. The van der Waals surface area contributed by atoms with Crippen LogP contribution in [0, 0.1) is 6.92 Å². The van der Waals surface area contributed by atoms with Crippen molar-refractivity contribution in [1.82, 2.24) is 0 Å². The fourth-order valence-corrected chi connectivity index (χ4v) is 5.01. The van der Waals surface area contributed by atoms with E-state index in [9.17, 15) is 4.79 Å². The molecule has 0 aromatic heterocycles. The largest absolute Gasteiger partial charge is 0.493 e. The summed E-state index contributed by atoms with van der Waals surface area (Å²) < 4.78 is 11.9. The van der Waals surface area contributed by atoms with Crippen LogP contribution in [0.4, 0.5) is 5.69 Å². The predicted molar refractivity (Wildman–Crippen MR) is 141 cm³/mol. The van der Waals surface area contributed by atoms with Gasteiger partial charge in [-0.3, -0.25) is 9.69 Å². The smallest absolute Gasteiger partial charge is 0.270 e. The maximum atomic E-state index is 13.1. The summed E-state index contributed by atoms with van der Waals surface area (Å²) >= 11 is 18.9. The number of aryl methyl sites for hydroxylation is 1. The minimum atomic E-state index is -0.243. The number of thioether (sulfide) groups is 1. The molecular formula is C25H19Cl2NO3S2. The molecule has 0 radical (unpaired) electrons. The van der Waals surface area contributed by atoms with Crippen molar-refractivity contribution in [2.45, 2.75) is 13.5 Å². The van der Waals surface area contributed by atoms with Crippen LogP contribution in [0.15, 0.2) is 65.6 Å². The molecule has 1 fully saturated rings. The quantitative estimate of drug-likeness (QED) is 0.254. The number of hydrogen-bond donors (Lipinski definition) is 0. The molecule has 0 aliphatic carbocycles. The second kappa shape index (κ2) is 10.2. The average Bonchev–Trinajstić information content (AvgIpc) is 3.06. The molecule has 168 valence electrons. The van der Waals surface area contributed by atoms with E-state index in [1.807, 2.05) is 49.4 Å². The first-order valence-electron chi connectivity index (χ1n) is 9.95. The Kier molecular flexibility index (Phi) is 7.29. The molecule has 8 heteroatoms. The highest BCUT2D eigenvalue weighted by Gasteiger charge is 2.34. The van der Waals surface area contributed by atoms with Crippen LogP contribution in [0.1, 0.15) is 16.7 Å². The molecule has 4 rings (SSSR count). The number of rotatable bonds is 6. The number of ether oxygens (including phenoxy) is 2. The Morgan fingerprint density at radius 2 is 1.79 bits per heavy atom. The maximum absolute atomic E-state index is 13.1. The van der Waals surface area contributed by atoms with Crippen LogP contribution in [0.25, 0.3) is 6.08 Å². The lowest BCUT2D eigenvalue weighted by Crippen LogP contribution is -2.27. The van der Waals surface area contributed by atoms with Gasteiger partial charge in [0.25, 0.3) is 5.91 Å². The Labute approximate surface area is 212 Å². The van der Waals surface area contributed by atoms with Crippen LogP contribution < -0.4 is 14.4 Å². The van der Waals surface area contributed by atoms with Crippen LogP contribution in [0.2, 0.25) is 10.0 Å². The molecule has 1 aliphatic rings. The van der Waals surface area contributed by atoms with Gasteiger partial charge in [-0.05, 0) is 54.5 Å². The summed E-state index contributed by atoms with van der Waals surface area (Å²) in [6.45, 7) is 2.47. The van der Waals surface area contributed by atoms with Crippen LogP contribution in [-0.2, 0) is 11.4 Å². The molecule has 1 saturated heterocycles. The lowest BCUT2D eigenvalue weighted by molar-refractivity contribution is -0.113. The van der Waals surface area contributed by atoms with E-state index in [1.54, 1.807) is 31.4 Å².